The first-order chi connectivity index (χ1) is 17.3. The molecule has 2 fully saturated rings. The number of benzene rings is 2. The van der Waals surface area contributed by atoms with Crippen molar-refractivity contribution >= 4 is 0 Å². The minimum Gasteiger partial charge on any atom is -0.489 e. The highest BCUT2D eigenvalue weighted by molar-refractivity contribution is 5.29. The summed E-state index contributed by atoms with van der Waals surface area (Å²) in [4.78, 5) is 0. The quantitative estimate of drug-likeness (QED) is 0.280. The summed E-state index contributed by atoms with van der Waals surface area (Å²) in [7, 11) is 0. The lowest BCUT2D eigenvalue weighted by Crippen LogP contribution is -2.62. The van der Waals surface area contributed by atoms with Gasteiger partial charge >= 0.3 is 0 Å². The molecule has 2 aliphatic heterocycles. The highest BCUT2D eigenvalue weighted by Gasteiger charge is 2.57. The number of aliphatic hydroxyl groups is 1. The van der Waals surface area contributed by atoms with Gasteiger partial charge in [0.25, 0.3) is 0 Å². The Morgan fingerprint density at radius 3 is 2.58 bits per heavy atom. The van der Waals surface area contributed by atoms with E-state index in [0.29, 0.717) is 25.4 Å². The first-order valence-electron chi connectivity index (χ1n) is 13.7. The molecular weight excluding hydrogens is 448 g/mol. The molecular formula is C32H44O4. The first-order valence-corrected chi connectivity index (χ1v) is 13.7. The number of rotatable bonds is 10. The van der Waals surface area contributed by atoms with Gasteiger partial charge in [0.1, 0.15) is 12.4 Å². The smallest absolute Gasteiger partial charge is 0.176 e. The van der Waals surface area contributed by atoms with Crippen LogP contribution in [0, 0.1) is 11.3 Å². The van der Waals surface area contributed by atoms with E-state index in [2.05, 4.69) is 57.7 Å². The summed E-state index contributed by atoms with van der Waals surface area (Å²) in [5.74, 6) is 0.633. The van der Waals surface area contributed by atoms with Crippen LogP contribution >= 0.6 is 0 Å². The summed E-state index contributed by atoms with van der Waals surface area (Å²) in [5, 5.41) is 10.8. The zero-order chi connectivity index (χ0) is 25.6. The number of unbranched alkanes of at least 4 members (excludes halogenated alkanes) is 1. The van der Waals surface area contributed by atoms with Gasteiger partial charge in [0.2, 0.25) is 0 Å². The lowest BCUT2D eigenvalue weighted by atomic mass is 9.68. The second-order valence-electron chi connectivity index (χ2n) is 11.5. The number of aryl methyl sites for hydroxylation is 1. The normalized spacial score (nSPS) is 29.7. The molecule has 4 nitrogen and oxygen atoms in total. The standard InChI is InChI=1S/C32H44O4/c1-5-12-30-24(2)21-31(3,4)32(36-30)22-27(33)20-29(35-32)17-10-9-13-25-16-11-18-28(19-25)34-23-26-14-7-6-8-15-26/h5-8,11,14-16,18-19,24,27,29-30,33H,1,9-10,12-13,17,20-23H2,2-4H3/t24-,27-,29-,30+,32+/m1/s1. The summed E-state index contributed by atoms with van der Waals surface area (Å²) in [6.45, 7) is 11.2. The third kappa shape index (κ3) is 6.59. The molecule has 0 amide bonds. The molecule has 36 heavy (non-hydrogen) atoms. The lowest BCUT2D eigenvalue weighted by molar-refractivity contribution is -0.380. The summed E-state index contributed by atoms with van der Waals surface area (Å²) in [6.07, 6.45) is 8.80. The highest BCUT2D eigenvalue weighted by Crippen LogP contribution is 2.53. The maximum Gasteiger partial charge on any atom is 0.176 e. The van der Waals surface area contributed by atoms with Crippen molar-refractivity contribution in [3.05, 3.63) is 78.4 Å². The van der Waals surface area contributed by atoms with E-state index in [0.717, 1.165) is 44.3 Å². The molecule has 0 bridgehead atoms. The van der Waals surface area contributed by atoms with Crippen LogP contribution in [-0.4, -0.2) is 29.2 Å². The van der Waals surface area contributed by atoms with Gasteiger partial charge in [0.15, 0.2) is 5.79 Å². The van der Waals surface area contributed by atoms with Gasteiger partial charge in [-0.3, -0.25) is 0 Å². The molecule has 4 rings (SSSR count). The average Bonchev–Trinajstić information content (AvgIpc) is 2.85. The van der Waals surface area contributed by atoms with Crippen LogP contribution in [0.5, 0.6) is 5.75 Å². The van der Waals surface area contributed by atoms with Crippen LogP contribution in [-0.2, 0) is 22.5 Å². The molecule has 0 saturated carbocycles. The second kappa shape index (κ2) is 11.9. The van der Waals surface area contributed by atoms with E-state index in [1.807, 2.05) is 30.3 Å². The van der Waals surface area contributed by atoms with E-state index in [1.165, 1.54) is 11.1 Å². The maximum absolute atomic E-state index is 10.8. The highest BCUT2D eigenvalue weighted by atomic mass is 16.7. The summed E-state index contributed by atoms with van der Waals surface area (Å²) >= 11 is 0. The van der Waals surface area contributed by atoms with E-state index < -0.39 is 5.79 Å². The van der Waals surface area contributed by atoms with E-state index in [-0.39, 0.29) is 23.7 Å². The Balaban J connectivity index is 1.28. The Morgan fingerprint density at radius 1 is 1.03 bits per heavy atom. The van der Waals surface area contributed by atoms with Crippen LogP contribution in [0.4, 0.5) is 0 Å². The molecule has 0 aliphatic carbocycles. The number of hydrogen-bond donors (Lipinski definition) is 1. The van der Waals surface area contributed by atoms with Gasteiger partial charge in [-0.25, -0.2) is 0 Å². The molecule has 0 aromatic heterocycles. The van der Waals surface area contributed by atoms with Crippen molar-refractivity contribution in [3.63, 3.8) is 0 Å². The van der Waals surface area contributed by atoms with Gasteiger partial charge in [0, 0.05) is 11.8 Å². The van der Waals surface area contributed by atoms with Crippen LogP contribution in [0.2, 0.25) is 0 Å². The van der Waals surface area contributed by atoms with Gasteiger partial charge < -0.3 is 19.3 Å². The van der Waals surface area contributed by atoms with E-state index in [1.54, 1.807) is 0 Å². The third-order valence-corrected chi connectivity index (χ3v) is 8.02. The van der Waals surface area contributed by atoms with Crippen molar-refractivity contribution in [1.82, 2.24) is 0 Å². The van der Waals surface area contributed by atoms with Crippen LogP contribution in [0.15, 0.2) is 67.3 Å². The topological polar surface area (TPSA) is 47.9 Å². The van der Waals surface area contributed by atoms with Crippen molar-refractivity contribution < 1.29 is 19.3 Å². The molecule has 2 aliphatic rings. The monoisotopic (exact) mass is 492 g/mol. The zero-order valence-electron chi connectivity index (χ0n) is 22.3. The van der Waals surface area contributed by atoms with Crippen molar-refractivity contribution in [2.24, 2.45) is 11.3 Å². The predicted molar refractivity (Wildman–Crippen MR) is 145 cm³/mol. The van der Waals surface area contributed by atoms with Gasteiger partial charge in [-0.2, -0.15) is 0 Å². The van der Waals surface area contributed by atoms with Crippen LogP contribution in [0.1, 0.15) is 76.8 Å². The van der Waals surface area contributed by atoms with Crippen LogP contribution < -0.4 is 4.74 Å². The van der Waals surface area contributed by atoms with Crippen molar-refractivity contribution in [2.45, 2.75) is 103 Å². The third-order valence-electron chi connectivity index (χ3n) is 8.02. The van der Waals surface area contributed by atoms with E-state index in [4.69, 9.17) is 14.2 Å². The molecule has 4 heteroatoms. The second-order valence-corrected chi connectivity index (χ2v) is 11.5. The molecule has 2 aromatic carbocycles. The van der Waals surface area contributed by atoms with Crippen molar-refractivity contribution in [3.8, 4) is 5.75 Å². The molecule has 2 aromatic rings. The fraction of sp³-hybridized carbons (Fsp3) is 0.562. The Kier molecular flexibility index (Phi) is 8.92. The van der Waals surface area contributed by atoms with Gasteiger partial charge in [-0.05, 0) is 67.7 Å². The molecule has 2 heterocycles. The molecule has 2 saturated heterocycles. The Labute approximate surface area is 217 Å². The van der Waals surface area contributed by atoms with Gasteiger partial charge in [-0.1, -0.05) is 75.7 Å². The summed E-state index contributed by atoms with van der Waals surface area (Å²) < 4.78 is 19.4. The number of hydrogen-bond acceptors (Lipinski definition) is 4. The fourth-order valence-electron chi connectivity index (χ4n) is 6.04. The van der Waals surface area contributed by atoms with Crippen molar-refractivity contribution in [2.75, 3.05) is 0 Å². The Morgan fingerprint density at radius 2 is 1.81 bits per heavy atom. The Bertz CT molecular complexity index is 971. The minimum atomic E-state index is -0.722. The molecule has 0 unspecified atom stereocenters. The largest absolute Gasteiger partial charge is 0.489 e. The fourth-order valence-corrected chi connectivity index (χ4v) is 6.04. The maximum atomic E-state index is 10.8. The van der Waals surface area contributed by atoms with E-state index >= 15 is 0 Å². The predicted octanol–water partition coefficient (Wildman–Crippen LogP) is 7.24. The lowest BCUT2D eigenvalue weighted by Gasteiger charge is -2.57. The molecule has 0 radical (unpaired) electrons. The van der Waals surface area contributed by atoms with Gasteiger partial charge in [-0.15, -0.1) is 6.58 Å². The average molecular weight is 493 g/mol. The Hall–Kier alpha value is -2.14. The summed E-state index contributed by atoms with van der Waals surface area (Å²) in [5.41, 5.74) is 2.31. The van der Waals surface area contributed by atoms with E-state index in [9.17, 15) is 5.11 Å². The van der Waals surface area contributed by atoms with Crippen LogP contribution in [0.3, 0.4) is 0 Å². The zero-order valence-corrected chi connectivity index (χ0v) is 22.3. The van der Waals surface area contributed by atoms with Crippen LogP contribution in [0.25, 0.3) is 0 Å². The first kappa shape index (κ1) is 26.9. The number of ether oxygens (including phenoxy) is 3. The molecule has 196 valence electrons. The summed E-state index contributed by atoms with van der Waals surface area (Å²) in [6, 6.07) is 18.7. The minimum absolute atomic E-state index is 0.0198. The number of aliphatic hydroxyl groups excluding tert-OH is 1. The molecule has 1 spiro atoms. The molecule has 5 atom stereocenters. The van der Waals surface area contributed by atoms with Gasteiger partial charge in [0.05, 0.1) is 18.3 Å². The molecule has 1 N–H and O–H groups in total. The SMILES string of the molecule is C=CC[C@@H]1O[C@@]2(C[C@H](O)C[C@@H](CCCCc3cccc(OCc4ccccc4)c3)O2)C(C)(C)C[C@H]1C. The van der Waals surface area contributed by atoms with Crippen molar-refractivity contribution in [1.29, 1.82) is 0 Å².